The summed E-state index contributed by atoms with van der Waals surface area (Å²) in [4.78, 5) is 0. The molecule has 0 heteroatoms. The molecule has 1 aliphatic rings. The van der Waals surface area contributed by atoms with Crippen molar-refractivity contribution in [1.82, 2.24) is 0 Å². The minimum absolute atomic E-state index is 1.16. The lowest BCUT2D eigenvalue weighted by Crippen LogP contribution is -2.11. The van der Waals surface area contributed by atoms with Crippen molar-refractivity contribution in [2.45, 2.75) is 20.8 Å². The molecule has 0 aliphatic heterocycles. The maximum Gasteiger partial charge on any atom is -0.00214 e. The van der Waals surface area contributed by atoms with Gasteiger partial charge in [0, 0.05) is 0 Å². The Hall–Kier alpha value is -2.34. The lowest BCUT2D eigenvalue weighted by atomic mass is 9.71. The van der Waals surface area contributed by atoms with E-state index in [1.54, 1.807) is 0 Å². The lowest BCUT2D eigenvalue weighted by Gasteiger charge is -2.32. The van der Waals surface area contributed by atoms with E-state index in [9.17, 15) is 0 Å². The topological polar surface area (TPSA) is 0 Å². The van der Waals surface area contributed by atoms with E-state index in [1.165, 1.54) is 39.0 Å². The molecule has 0 radical (unpaired) electrons. The number of hydrogen-bond donors (Lipinski definition) is 0. The summed E-state index contributed by atoms with van der Waals surface area (Å²) >= 11 is 0. The molecule has 0 fully saturated rings. The zero-order valence-electron chi connectivity index (χ0n) is 12.9. The molecule has 0 amide bonds. The Kier molecular flexibility index (Phi) is 3.39. The summed E-state index contributed by atoms with van der Waals surface area (Å²) in [6.45, 7) is 10.7. The number of hydrogen-bond acceptors (Lipinski definition) is 0. The fourth-order valence-corrected chi connectivity index (χ4v) is 2.97. The standard InChI is InChI=1S/C21H20/c1-14(2)19-16(4)20(17-8-6-5-7-9-17)21(19)18-12-10-15(3)11-13-18/h5-13H,4H2,1-3H3. The van der Waals surface area contributed by atoms with Crippen LogP contribution in [0.15, 0.2) is 77.9 Å². The van der Waals surface area contributed by atoms with E-state index in [0.29, 0.717) is 0 Å². The van der Waals surface area contributed by atoms with Gasteiger partial charge in [0.15, 0.2) is 0 Å². The molecule has 0 N–H and O–H groups in total. The SMILES string of the molecule is C=C1C(=C(C)C)C(c2ccc(C)cc2)=C1c1ccccc1. The smallest absolute Gasteiger partial charge is 0.00214 e. The number of allylic oxidation sites excluding steroid dienone is 5. The molecule has 0 unspecified atom stereocenters. The van der Waals surface area contributed by atoms with Gasteiger partial charge in [-0.25, -0.2) is 0 Å². The van der Waals surface area contributed by atoms with Crippen LogP contribution in [0.4, 0.5) is 0 Å². The van der Waals surface area contributed by atoms with Gasteiger partial charge in [-0.3, -0.25) is 0 Å². The third-order valence-electron chi connectivity index (χ3n) is 4.01. The van der Waals surface area contributed by atoms with Crippen molar-refractivity contribution < 1.29 is 0 Å². The summed E-state index contributed by atoms with van der Waals surface area (Å²) in [5.74, 6) is 0. The van der Waals surface area contributed by atoms with Gasteiger partial charge < -0.3 is 0 Å². The minimum Gasteiger partial charge on any atom is -0.0905 e. The Balaban J connectivity index is 2.23. The molecule has 0 aromatic heterocycles. The second-order valence-electron chi connectivity index (χ2n) is 5.84. The molecule has 0 nitrogen and oxygen atoms in total. The predicted octanol–water partition coefficient (Wildman–Crippen LogP) is 5.81. The number of rotatable bonds is 2. The average molecular weight is 272 g/mol. The molecule has 0 saturated heterocycles. The van der Waals surface area contributed by atoms with Crippen LogP contribution in [-0.2, 0) is 0 Å². The maximum absolute atomic E-state index is 4.30. The molecular weight excluding hydrogens is 252 g/mol. The van der Waals surface area contributed by atoms with Crippen molar-refractivity contribution >= 4 is 11.1 Å². The Morgan fingerprint density at radius 3 is 1.90 bits per heavy atom. The highest BCUT2D eigenvalue weighted by molar-refractivity contribution is 6.18. The molecule has 104 valence electrons. The first-order valence-corrected chi connectivity index (χ1v) is 7.34. The van der Waals surface area contributed by atoms with E-state index >= 15 is 0 Å². The fraction of sp³-hybridized carbons (Fsp3) is 0.143. The third-order valence-corrected chi connectivity index (χ3v) is 4.01. The van der Waals surface area contributed by atoms with Crippen LogP contribution >= 0.6 is 0 Å². The van der Waals surface area contributed by atoms with Crippen LogP contribution in [-0.4, -0.2) is 0 Å². The van der Waals surface area contributed by atoms with Crippen molar-refractivity contribution in [3.05, 3.63) is 94.6 Å². The zero-order chi connectivity index (χ0) is 15.0. The van der Waals surface area contributed by atoms with Crippen LogP contribution in [0.5, 0.6) is 0 Å². The molecule has 0 atom stereocenters. The van der Waals surface area contributed by atoms with Gasteiger partial charge in [0.05, 0.1) is 0 Å². The molecule has 0 bridgehead atoms. The van der Waals surface area contributed by atoms with Gasteiger partial charge in [-0.05, 0) is 54.2 Å². The molecule has 2 aromatic rings. The third kappa shape index (κ3) is 2.27. The van der Waals surface area contributed by atoms with Crippen molar-refractivity contribution in [2.24, 2.45) is 0 Å². The maximum atomic E-state index is 4.30. The quantitative estimate of drug-likeness (QED) is 0.647. The second kappa shape index (κ2) is 5.21. The monoisotopic (exact) mass is 272 g/mol. The van der Waals surface area contributed by atoms with Crippen LogP contribution in [0, 0.1) is 6.92 Å². The lowest BCUT2D eigenvalue weighted by molar-refractivity contribution is 1.29. The number of benzene rings is 2. The van der Waals surface area contributed by atoms with Gasteiger partial charge in [-0.1, -0.05) is 72.3 Å². The highest BCUT2D eigenvalue weighted by Crippen LogP contribution is 2.51. The van der Waals surface area contributed by atoms with Crippen molar-refractivity contribution in [2.75, 3.05) is 0 Å². The normalized spacial score (nSPS) is 14.2. The van der Waals surface area contributed by atoms with Crippen molar-refractivity contribution in [3.63, 3.8) is 0 Å². The predicted molar refractivity (Wildman–Crippen MR) is 91.9 cm³/mol. The second-order valence-corrected chi connectivity index (χ2v) is 5.84. The van der Waals surface area contributed by atoms with Crippen LogP contribution < -0.4 is 0 Å². The van der Waals surface area contributed by atoms with E-state index < -0.39 is 0 Å². The minimum atomic E-state index is 1.16. The van der Waals surface area contributed by atoms with Gasteiger partial charge >= 0.3 is 0 Å². The molecule has 0 heterocycles. The van der Waals surface area contributed by atoms with Crippen LogP contribution in [0.3, 0.4) is 0 Å². The highest BCUT2D eigenvalue weighted by atomic mass is 14.3. The van der Waals surface area contributed by atoms with Crippen molar-refractivity contribution in [3.8, 4) is 0 Å². The molecule has 2 aromatic carbocycles. The Morgan fingerprint density at radius 1 is 0.762 bits per heavy atom. The Bertz CT molecular complexity index is 749. The number of aryl methyl sites for hydroxylation is 1. The van der Waals surface area contributed by atoms with Crippen LogP contribution in [0.2, 0.25) is 0 Å². The van der Waals surface area contributed by atoms with Crippen molar-refractivity contribution in [1.29, 1.82) is 0 Å². The summed E-state index contributed by atoms with van der Waals surface area (Å²) in [5, 5.41) is 0. The van der Waals surface area contributed by atoms with E-state index in [0.717, 1.165) is 5.57 Å². The molecule has 0 spiro atoms. The first kappa shape index (κ1) is 13.6. The van der Waals surface area contributed by atoms with Gasteiger partial charge in [-0.2, -0.15) is 0 Å². The van der Waals surface area contributed by atoms with Gasteiger partial charge in [0.25, 0.3) is 0 Å². The summed E-state index contributed by atoms with van der Waals surface area (Å²) in [6, 6.07) is 19.3. The first-order chi connectivity index (χ1) is 10.1. The summed E-state index contributed by atoms with van der Waals surface area (Å²) in [7, 11) is 0. The highest BCUT2D eigenvalue weighted by Gasteiger charge is 2.30. The Morgan fingerprint density at radius 2 is 1.33 bits per heavy atom. The molecule has 1 aliphatic carbocycles. The average Bonchev–Trinajstić information content (AvgIpc) is 2.46. The van der Waals surface area contributed by atoms with Gasteiger partial charge in [0.2, 0.25) is 0 Å². The largest absolute Gasteiger partial charge is 0.0905 e. The molecular formula is C21H20. The van der Waals surface area contributed by atoms with E-state index in [1.807, 2.05) is 0 Å². The zero-order valence-corrected chi connectivity index (χ0v) is 12.9. The van der Waals surface area contributed by atoms with E-state index in [-0.39, 0.29) is 0 Å². The Labute approximate surface area is 127 Å². The van der Waals surface area contributed by atoms with Gasteiger partial charge in [0.1, 0.15) is 0 Å². The summed E-state index contributed by atoms with van der Waals surface area (Å²) in [5.41, 5.74) is 10.3. The summed E-state index contributed by atoms with van der Waals surface area (Å²) < 4.78 is 0. The molecule has 0 saturated carbocycles. The molecule has 21 heavy (non-hydrogen) atoms. The van der Waals surface area contributed by atoms with E-state index in [4.69, 9.17) is 0 Å². The van der Waals surface area contributed by atoms with E-state index in [2.05, 4.69) is 81.9 Å². The molecule has 3 rings (SSSR count). The summed E-state index contributed by atoms with van der Waals surface area (Å²) in [6.07, 6.45) is 0. The fourth-order valence-electron chi connectivity index (χ4n) is 2.97. The first-order valence-electron chi connectivity index (χ1n) is 7.34. The van der Waals surface area contributed by atoms with Crippen LogP contribution in [0.1, 0.15) is 30.5 Å². The van der Waals surface area contributed by atoms with Crippen LogP contribution in [0.25, 0.3) is 11.1 Å². The van der Waals surface area contributed by atoms with Gasteiger partial charge in [-0.15, -0.1) is 0 Å².